The molecule has 0 aliphatic carbocycles. The first-order chi connectivity index (χ1) is 12.3. The summed E-state index contributed by atoms with van der Waals surface area (Å²) in [5.74, 6) is 0.289. The summed E-state index contributed by atoms with van der Waals surface area (Å²) in [6, 6.07) is 7.25. The predicted molar refractivity (Wildman–Crippen MR) is 92.2 cm³/mol. The minimum Gasteiger partial charge on any atom is -0.507 e. The van der Waals surface area contributed by atoms with E-state index in [1.807, 2.05) is 4.83 Å². The molecule has 2 aromatic carbocycles. The summed E-state index contributed by atoms with van der Waals surface area (Å²) in [7, 11) is -1.24. The van der Waals surface area contributed by atoms with E-state index in [1.54, 1.807) is 0 Å². The summed E-state index contributed by atoms with van der Waals surface area (Å²) in [6.07, 6.45) is 0.959. The number of phenols is 1. The molecule has 138 valence electrons. The van der Waals surface area contributed by atoms with Crippen molar-refractivity contribution >= 4 is 21.9 Å². The van der Waals surface area contributed by atoms with Gasteiger partial charge in [-0.3, -0.25) is 10.1 Å². The van der Waals surface area contributed by atoms with E-state index in [-0.39, 0.29) is 27.6 Å². The first-order valence-corrected chi connectivity index (χ1v) is 8.51. The number of hydrogen-bond donors (Lipinski definition) is 2. The van der Waals surface area contributed by atoms with Crippen molar-refractivity contribution in [3.63, 3.8) is 0 Å². The molecule has 0 amide bonds. The molecule has 0 aromatic heterocycles. The van der Waals surface area contributed by atoms with Gasteiger partial charge in [0.2, 0.25) is 0 Å². The zero-order valence-corrected chi connectivity index (χ0v) is 14.6. The molecule has 0 saturated heterocycles. The Morgan fingerprint density at radius 3 is 2.46 bits per heavy atom. The van der Waals surface area contributed by atoms with Crippen LogP contribution < -0.4 is 14.3 Å². The maximum atomic E-state index is 12.3. The lowest BCUT2D eigenvalue weighted by Gasteiger charge is -2.09. The van der Waals surface area contributed by atoms with Gasteiger partial charge in [-0.2, -0.15) is 13.5 Å². The van der Waals surface area contributed by atoms with Gasteiger partial charge in [-0.15, -0.1) is 0 Å². The van der Waals surface area contributed by atoms with E-state index < -0.39 is 14.9 Å². The molecule has 0 aliphatic rings. The van der Waals surface area contributed by atoms with E-state index in [0.29, 0.717) is 5.75 Å². The first-order valence-electron chi connectivity index (χ1n) is 7.03. The van der Waals surface area contributed by atoms with Gasteiger partial charge in [0.25, 0.3) is 15.7 Å². The number of sulfonamides is 1. The molecule has 0 heterocycles. The summed E-state index contributed by atoms with van der Waals surface area (Å²) in [5, 5.41) is 23.9. The fourth-order valence-corrected chi connectivity index (χ4v) is 2.77. The number of benzene rings is 2. The van der Waals surface area contributed by atoms with Crippen LogP contribution >= 0.6 is 0 Å². The number of hydrogen-bond acceptors (Lipinski definition) is 8. The maximum Gasteiger partial charge on any atom is 0.276 e. The zero-order valence-electron chi connectivity index (χ0n) is 13.7. The fraction of sp³-hybridized carbons (Fsp3) is 0.133. The summed E-state index contributed by atoms with van der Waals surface area (Å²) in [5.41, 5.74) is -0.291. The smallest absolute Gasteiger partial charge is 0.276 e. The van der Waals surface area contributed by atoms with Crippen LogP contribution in [0, 0.1) is 10.1 Å². The second kappa shape index (κ2) is 7.70. The largest absolute Gasteiger partial charge is 0.507 e. The lowest BCUT2D eigenvalue weighted by Crippen LogP contribution is -2.18. The Labute approximate surface area is 148 Å². The van der Waals surface area contributed by atoms with Crippen LogP contribution in [0.15, 0.2) is 46.4 Å². The Hall–Kier alpha value is -3.34. The molecular formula is C15H15N3O7S. The third kappa shape index (κ3) is 4.19. The van der Waals surface area contributed by atoms with Crippen molar-refractivity contribution in [1.82, 2.24) is 4.83 Å². The SMILES string of the molecule is COc1ccc(S(=O)(=O)N/N=C\c2cc([N+](=O)[O-])ccc2O)cc1OC. The zero-order chi connectivity index (χ0) is 19.3. The number of phenolic OH excluding ortho intramolecular Hbond substituents is 1. The molecule has 11 heteroatoms. The van der Waals surface area contributed by atoms with Gasteiger partial charge in [0.05, 0.1) is 30.3 Å². The third-order valence-electron chi connectivity index (χ3n) is 3.26. The van der Waals surface area contributed by atoms with Crippen molar-refractivity contribution in [2.24, 2.45) is 5.10 Å². The number of ether oxygens (including phenoxy) is 2. The van der Waals surface area contributed by atoms with Gasteiger partial charge in [0.15, 0.2) is 11.5 Å². The highest BCUT2D eigenvalue weighted by Crippen LogP contribution is 2.29. The Bertz CT molecular complexity index is 958. The molecule has 2 N–H and O–H groups in total. The lowest BCUT2D eigenvalue weighted by molar-refractivity contribution is -0.384. The summed E-state index contributed by atoms with van der Waals surface area (Å²) < 4.78 is 34.6. The highest BCUT2D eigenvalue weighted by Gasteiger charge is 2.16. The van der Waals surface area contributed by atoms with Crippen LogP contribution in [0.25, 0.3) is 0 Å². The van der Waals surface area contributed by atoms with Gasteiger partial charge < -0.3 is 14.6 Å². The minimum absolute atomic E-state index is 0.0192. The molecule has 2 aromatic rings. The van der Waals surface area contributed by atoms with Crippen molar-refractivity contribution in [2.75, 3.05) is 14.2 Å². The predicted octanol–water partition coefficient (Wildman–Crippen LogP) is 1.63. The molecule has 0 radical (unpaired) electrons. The number of nitro groups is 1. The second-order valence-corrected chi connectivity index (χ2v) is 6.53. The number of hydrazone groups is 1. The van der Waals surface area contributed by atoms with Crippen LogP contribution in [0.2, 0.25) is 0 Å². The Balaban J connectivity index is 2.24. The summed E-state index contributed by atoms with van der Waals surface area (Å²) in [4.78, 5) is 11.9. The Kier molecular flexibility index (Phi) is 5.62. The third-order valence-corrected chi connectivity index (χ3v) is 4.48. The van der Waals surface area contributed by atoms with E-state index in [0.717, 1.165) is 24.4 Å². The van der Waals surface area contributed by atoms with Crippen LogP contribution in [0.1, 0.15) is 5.56 Å². The first kappa shape index (κ1) is 19.0. The molecule has 26 heavy (non-hydrogen) atoms. The summed E-state index contributed by atoms with van der Waals surface area (Å²) >= 11 is 0. The van der Waals surface area contributed by atoms with Crippen molar-refractivity contribution in [3.8, 4) is 17.2 Å². The molecule has 0 bridgehead atoms. The number of nitrogens with zero attached hydrogens (tertiary/aromatic N) is 2. The Morgan fingerprint density at radius 1 is 1.15 bits per heavy atom. The fourth-order valence-electron chi connectivity index (χ4n) is 1.96. The molecule has 0 aliphatic heterocycles. The highest BCUT2D eigenvalue weighted by molar-refractivity contribution is 7.89. The average Bonchev–Trinajstić information content (AvgIpc) is 2.62. The van der Waals surface area contributed by atoms with Crippen molar-refractivity contribution in [1.29, 1.82) is 0 Å². The molecule has 0 unspecified atom stereocenters. The van der Waals surface area contributed by atoms with Gasteiger partial charge >= 0.3 is 0 Å². The van der Waals surface area contributed by atoms with E-state index in [1.165, 1.54) is 32.4 Å². The van der Waals surface area contributed by atoms with Crippen molar-refractivity contribution in [2.45, 2.75) is 4.90 Å². The summed E-state index contributed by atoms with van der Waals surface area (Å²) in [6.45, 7) is 0. The molecule has 0 spiro atoms. The lowest BCUT2D eigenvalue weighted by atomic mass is 10.2. The average molecular weight is 381 g/mol. The molecule has 0 fully saturated rings. The van der Waals surface area contributed by atoms with E-state index in [4.69, 9.17) is 9.47 Å². The Morgan fingerprint density at radius 2 is 1.85 bits per heavy atom. The van der Waals surface area contributed by atoms with E-state index >= 15 is 0 Å². The quantitative estimate of drug-likeness (QED) is 0.422. The van der Waals surface area contributed by atoms with Crippen molar-refractivity contribution in [3.05, 3.63) is 52.1 Å². The topological polar surface area (TPSA) is 140 Å². The van der Waals surface area contributed by atoms with Gasteiger partial charge in [-0.05, 0) is 18.2 Å². The minimum atomic E-state index is -4.03. The number of aromatic hydroxyl groups is 1. The van der Waals surface area contributed by atoms with Gasteiger partial charge in [0.1, 0.15) is 5.75 Å². The van der Waals surface area contributed by atoms with Gasteiger partial charge in [0, 0.05) is 23.8 Å². The molecular weight excluding hydrogens is 366 g/mol. The normalized spacial score (nSPS) is 11.3. The number of nitro benzene ring substituents is 1. The van der Waals surface area contributed by atoms with Crippen LogP contribution in [0.4, 0.5) is 5.69 Å². The standard InChI is InChI=1S/C15H15N3O7S/c1-24-14-6-4-12(8-15(14)25-2)26(22,23)17-16-9-10-7-11(18(20)21)3-5-13(10)19/h3-9,17,19H,1-2H3/b16-9-. The van der Waals surface area contributed by atoms with Crippen LogP contribution in [0.3, 0.4) is 0 Å². The van der Waals surface area contributed by atoms with Gasteiger partial charge in [-0.25, -0.2) is 4.83 Å². The maximum absolute atomic E-state index is 12.3. The molecule has 0 saturated carbocycles. The highest BCUT2D eigenvalue weighted by atomic mass is 32.2. The number of nitrogens with one attached hydrogen (secondary N) is 1. The number of methoxy groups -OCH3 is 2. The second-order valence-electron chi connectivity index (χ2n) is 4.87. The van der Waals surface area contributed by atoms with Crippen LogP contribution in [0.5, 0.6) is 17.2 Å². The van der Waals surface area contributed by atoms with E-state index in [2.05, 4.69) is 5.10 Å². The molecule has 0 atom stereocenters. The molecule has 10 nitrogen and oxygen atoms in total. The van der Waals surface area contributed by atoms with Gasteiger partial charge in [-0.1, -0.05) is 0 Å². The van der Waals surface area contributed by atoms with Crippen molar-refractivity contribution < 1.29 is 27.9 Å². The monoisotopic (exact) mass is 381 g/mol. The van der Waals surface area contributed by atoms with Crippen LogP contribution in [-0.4, -0.2) is 38.9 Å². The number of non-ortho nitro benzene ring substituents is 1. The van der Waals surface area contributed by atoms with Crippen LogP contribution in [-0.2, 0) is 10.0 Å². The molecule has 2 rings (SSSR count). The number of rotatable bonds is 7. The van der Waals surface area contributed by atoms with E-state index in [9.17, 15) is 23.6 Å².